The summed E-state index contributed by atoms with van der Waals surface area (Å²) in [6.07, 6.45) is 1.51. The zero-order valence-electron chi connectivity index (χ0n) is 13.4. The topological polar surface area (TPSA) is 92.8 Å². The van der Waals surface area contributed by atoms with Crippen molar-refractivity contribution in [2.45, 2.75) is 51.7 Å². The van der Waals surface area contributed by atoms with Gasteiger partial charge in [-0.25, -0.2) is 9.78 Å². The third kappa shape index (κ3) is 3.38. The lowest BCUT2D eigenvalue weighted by Gasteiger charge is -2.27. The second kappa shape index (κ2) is 7.06. The average molecular weight is 324 g/mol. The number of H-pyrrole nitrogens is 2. The second-order valence-electron chi connectivity index (χ2n) is 5.67. The zero-order valence-corrected chi connectivity index (χ0v) is 14.4. The van der Waals surface area contributed by atoms with Crippen molar-refractivity contribution >= 4 is 19.2 Å². The Morgan fingerprint density at radius 1 is 1.18 bits per heavy atom. The minimum absolute atomic E-state index is 0.271. The van der Waals surface area contributed by atoms with Gasteiger partial charge in [-0.2, -0.15) is 0 Å². The van der Waals surface area contributed by atoms with Crippen molar-refractivity contribution in [2.75, 3.05) is 6.61 Å². The van der Waals surface area contributed by atoms with Gasteiger partial charge in [-0.1, -0.05) is 38.9 Å². The molecule has 0 unspecified atom stereocenters. The summed E-state index contributed by atoms with van der Waals surface area (Å²) < 4.78 is 7.37. The van der Waals surface area contributed by atoms with E-state index in [1.54, 1.807) is 4.57 Å². The van der Waals surface area contributed by atoms with Gasteiger partial charge in [-0.15, -0.1) is 0 Å². The number of hydrogen-bond donors (Lipinski definition) is 2. The van der Waals surface area contributed by atoms with Gasteiger partial charge >= 0.3 is 5.69 Å². The molecule has 0 saturated heterocycles. The molecule has 2 aromatic heterocycles. The number of ether oxygens (including phenoxy) is 1. The van der Waals surface area contributed by atoms with Crippen LogP contribution in [0, 0.1) is 0 Å². The minimum Gasteiger partial charge on any atom is -0.361 e. The molecule has 0 radical (unpaired) electrons. The molecule has 0 saturated carbocycles. The third-order valence-electron chi connectivity index (χ3n) is 4.77. The van der Waals surface area contributed by atoms with Gasteiger partial charge in [0.25, 0.3) is 5.56 Å². The molecule has 0 bridgehead atoms. The Balaban J connectivity index is 2.01. The molecule has 2 rings (SSSR count). The van der Waals surface area contributed by atoms with E-state index in [-0.39, 0.29) is 12.4 Å². The van der Waals surface area contributed by atoms with E-state index in [1.807, 2.05) is 0 Å². The molecular weight excluding hydrogens is 300 g/mol. The van der Waals surface area contributed by atoms with Crippen molar-refractivity contribution in [3.8, 4) is 0 Å². The highest BCUT2D eigenvalue weighted by atomic mass is 28.3. The van der Waals surface area contributed by atoms with E-state index < -0.39 is 19.3 Å². The molecule has 0 aliphatic heterocycles. The number of hydrogen-bond acceptors (Lipinski definition) is 4. The number of aromatic nitrogens is 4. The summed E-state index contributed by atoms with van der Waals surface area (Å²) in [5.41, 5.74) is -0.367. The molecule has 0 aliphatic rings. The van der Waals surface area contributed by atoms with Gasteiger partial charge in [0, 0.05) is 6.61 Å². The summed E-state index contributed by atoms with van der Waals surface area (Å²) in [7, 11) is -1.18. The molecule has 0 aromatic carbocycles. The van der Waals surface area contributed by atoms with Crippen LogP contribution in [0.2, 0.25) is 24.2 Å². The fourth-order valence-electron chi connectivity index (χ4n) is 2.84. The molecule has 2 aromatic rings. The Morgan fingerprint density at radius 2 is 1.86 bits per heavy atom. The van der Waals surface area contributed by atoms with Crippen LogP contribution in [0.5, 0.6) is 0 Å². The number of nitrogens with one attached hydrogen (secondary N) is 2. The summed E-state index contributed by atoms with van der Waals surface area (Å²) in [4.78, 5) is 31.8. The molecular formula is C14H24N4O3Si. The Morgan fingerprint density at radius 3 is 2.50 bits per heavy atom. The van der Waals surface area contributed by atoms with E-state index in [0.29, 0.717) is 12.1 Å². The van der Waals surface area contributed by atoms with Gasteiger partial charge < -0.3 is 9.30 Å². The Bertz CT molecular complexity index is 721. The third-order valence-corrected chi connectivity index (χ3v) is 10.5. The summed E-state index contributed by atoms with van der Waals surface area (Å²) in [5, 5.41) is 0. The maximum absolute atomic E-state index is 11.8. The largest absolute Gasteiger partial charge is 0.361 e. The predicted molar refractivity (Wildman–Crippen MR) is 88.9 cm³/mol. The van der Waals surface area contributed by atoms with Crippen LogP contribution in [0.25, 0.3) is 11.2 Å². The van der Waals surface area contributed by atoms with Crippen LogP contribution in [0.3, 0.4) is 0 Å². The fraction of sp³-hybridized carbons (Fsp3) is 0.643. The monoisotopic (exact) mass is 324 g/mol. The van der Waals surface area contributed by atoms with E-state index in [9.17, 15) is 9.59 Å². The molecule has 0 aliphatic carbocycles. The average Bonchev–Trinajstić information content (AvgIpc) is 2.91. The zero-order chi connectivity index (χ0) is 16.2. The quantitative estimate of drug-likeness (QED) is 0.573. The lowest BCUT2D eigenvalue weighted by molar-refractivity contribution is 0.0895. The number of nitrogens with zero attached hydrogens (tertiary/aromatic N) is 2. The van der Waals surface area contributed by atoms with Crippen LogP contribution in [0.4, 0.5) is 0 Å². The van der Waals surface area contributed by atoms with Crippen LogP contribution in [-0.2, 0) is 11.5 Å². The maximum atomic E-state index is 11.8. The molecule has 122 valence electrons. The van der Waals surface area contributed by atoms with E-state index in [1.165, 1.54) is 24.5 Å². The van der Waals surface area contributed by atoms with Crippen molar-refractivity contribution in [2.24, 2.45) is 0 Å². The Hall–Kier alpha value is -1.67. The lowest BCUT2D eigenvalue weighted by Crippen LogP contribution is -2.32. The van der Waals surface area contributed by atoms with Crippen LogP contribution in [0.15, 0.2) is 15.9 Å². The van der Waals surface area contributed by atoms with Gasteiger partial charge in [0.15, 0.2) is 11.2 Å². The Kier molecular flexibility index (Phi) is 5.36. The highest BCUT2D eigenvalue weighted by Crippen LogP contribution is 2.24. The molecule has 0 atom stereocenters. The highest BCUT2D eigenvalue weighted by Gasteiger charge is 2.25. The SMILES string of the molecule is CC[Si](CC)(CC)CCOCn1cnc2[nH]c(=O)[nH]c(=O)c21. The van der Waals surface area contributed by atoms with Crippen LogP contribution >= 0.6 is 0 Å². The molecule has 0 fully saturated rings. The summed E-state index contributed by atoms with van der Waals surface area (Å²) in [6, 6.07) is 4.96. The van der Waals surface area contributed by atoms with E-state index in [2.05, 4.69) is 35.7 Å². The van der Waals surface area contributed by atoms with Gasteiger partial charge in [0.05, 0.1) is 14.4 Å². The lowest BCUT2D eigenvalue weighted by atomic mass is 10.5. The Labute approximate surface area is 129 Å². The summed E-state index contributed by atoms with van der Waals surface area (Å²) in [6.45, 7) is 7.80. The van der Waals surface area contributed by atoms with Crippen LogP contribution in [-0.4, -0.2) is 34.2 Å². The van der Waals surface area contributed by atoms with Crippen molar-refractivity contribution in [1.82, 2.24) is 19.5 Å². The molecule has 7 nitrogen and oxygen atoms in total. The van der Waals surface area contributed by atoms with Crippen molar-refractivity contribution < 1.29 is 4.74 Å². The van der Waals surface area contributed by atoms with Crippen LogP contribution < -0.4 is 11.2 Å². The first kappa shape index (κ1) is 16.7. The predicted octanol–water partition coefficient (Wildman–Crippen LogP) is 1.90. The molecule has 8 heteroatoms. The molecule has 0 spiro atoms. The molecule has 2 N–H and O–H groups in total. The van der Waals surface area contributed by atoms with E-state index >= 15 is 0 Å². The van der Waals surface area contributed by atoms with Crippen molar-refractivity contribution in [3.63, 3.8) is 0 Å². The second-order valence-corrected chi connectivity index (χ2v) is 11.3. The number of rotatable bonds is 8. The van der Waals surface area contributed by atoms with Gasteiger partial charge in [0.2, 0.25) is 0 Å². The standard InChI is InChI=1S/C14H24N4O3Si/c1-4-22(5-2,6-3)8-7-21-10-18-9-15-12-11(18)13(19)17-14(20)16-12/h9H,4-8,10H2,1-3H3,(H2,16,17,19,20). The first-order chi connectivity index (χ1) is 10.5. The summed E-state index contributed by atoms with van der Waals surface area (Å²) in [5.74, 6) is 0. The van der Waals surface area contributed by atoms with Gasteiger partial charge in [-0.05, 0) is 6.04 Å². The number of fused-ring (bicyclic) bond motifs is 1. The maximum Gasteiger partial charge on any atom is 0.327 e. The number of aromatic amines is 2. The normalized spacial score (nSPS) is 12.1. The minimum atomic E-state index is -1.18. The fourth-order valence-corrected chi connectivity index (χ4v) is 5.98. The first-order valence-corrected chi connectivity index (χ1v) is 10.6. The van der Waals surface area contributed by atoms with Crippen molar-refractivity contribution in [3.05, 3.63) is 27.2 Å². The highest BCUT2D eigenvalue weighted by molar-refractivity contribution is 6.79. The van der Waals surface area contributed by atoms with Gasteiger partial charge in [-0.3, -0.25) is 14.8 Å². The van der Waals surface area contributed by atoms with Gasteiger partial charge in [0.1, 0.15) is 6.73 Å². The summed E-state index contributed by atoms with van der Waals surface area (Å²) >= 11 is 0. The van der Waals surface area contributed by atoms with Crippen LogP contribution in [0.1, 0.15) is 20.8 Å². The molecule has 22 heavy (non-hydrogen) atoms. The molecule has 0 amide bonds. The van der Waals surface area contributed by atoms with Crippen molar-refractivity contribution in [1.29, 1.82) is 0 Å². The van der Waals surface area contributed by atoms with E-state index in [0.717, 1.165) is 6.04 Å². The smallest absolute Gasteiger partial charge is 0.327 e. The van der Waals surface area contributed by atoms with E-state index in [4.69, 9.17) is 4.74 Å². The first-order valence-electron chi connectivity index (χ1n) is 7.80. The molecule has 2 heterocycles. The number of imidazole rings is 1.